The lowest BCUT2D eigenvalue weighted by Crippen LogP contribution is -2.26. The highest BCUT2D eigenvalue weighted by atomic mass is 33.1. The third kappa shape index (κ3) is 8.92. The molecule has 0 bridgehead atoms. The van der Waals surface area contributed by atoms with Crippen LogP contribution in [0.2, 0.25) is 0 Å². The molecule has 0 fully saturated rings. The van der Waals surface area contributed by atoms with Crippen LogP contribution in [0.4, 0.5) is 11.8 Å². The van der Waals surface area contributed by atoms with E-state index < -0.39 is 26.7 Å². The van der Waals surface area contributed by atoms with E-state index in [-0.39, 0.29) is 30.9 Å². The van der Waals surface area contributed by atoms with E-state index in [4.69, 9.17) is 25.5 Å². The molecule has 0 spiro atoms. The van der Waals surface area contributed by atoms with Gasteiger partial charge in [-0.05, 0) is 6.26 Å². The highest BCUT2D eigenvalue weighted by Crippen LogP contribution is 2.42. The van der Waals surface area contributed by atoms with E-state index in [0.29, 0.717) is 5.75 Å². The predicted molar refractivity (Wildman–Crippen MR) is 94.9 cm³/mol. The summed E-state index contributed by atoms with van der Waals surface area (Å²) < 4.78 is 27.1. The van der Waals surface area contributed by atoms with Gasteiger partial charge in [-0.25, -0.2) is 0 Å². The van der Waals surface area contributed by atoms with E-state index in [1.54, 1.807) is 0 Å². The largest absolute Gasteiger partial charge is 0.475 e. The van der Waals surface area contributed by atoms with Gasteiger partial charge in [0.2, 0.25) is 11.8 Å². The number of hydrogen-bond donors (Lipinski definition) is 4. The van der Waals surface area contributed by atoms with Crippen molar-refractivity contribution in [2.75, 3.05) is 49.6 Å². The second-order valence-electron chi connectivity index (χ2n) is 4.36. The molecule has 0 radical (unpaired) electrons. The summed E-state index contributed by atoms with van der Waals surface area (Å²) in [6.45, 7) is -0.407. The van der Waals surface area contributed by atoms with Crippen molar-refractivity contribution < 1.29 is 28.6 Å². The van der Waals surface area contributed by atoms with Crippen molar-refractivity contribution in [3.05, 3.63) is 6.07 Å². The fraction of sp³-hybridized carbons (Fsp3) is 0.636. The average Bonchev–Trinajstić information content (AvgIpc) is 2.51. The summed E-state index contributed by atoms with van der Waals surface area (Å²) >= 11 is 0. The Morgan fingerprint density at radius 1 is 1.42 bits per heavy atom. The quantitative estimate of drug-likeness (QED) is 0.219. The van der Waals surface area contributed by atoms with Crippen LogP contribution in [-0.2, 0) is 13.8 Å². The number of nitrogens with two attached hydrogens (primary N) is 2. The maximum absolute atomic E-state index is 11.8. The maximum Gasteiger partial charge on any atom is 0.353 e. The van der Waals surface area contributed by atoms with Gasteiger partial charge in [-0.3, -0.25) is 4.57 Å². The smallest absolute Gasteiger partial charge is 0.353 e. The third-order valence-corrected chi connectivity index (χ3v) is 5.25. The number of aromatic nitrogens is 2. The van der Waals surface area contributed by atoms with Crippen LogP contribution in [0.5, 0.6) is 5.88 Å². The second-order valence-corrected chi connectivity index (χ2v) is 8.84. The van der Waals surface area contributed by atoms with Crippen LogP contribution in [0.1, 0.15) is 0 Å². The summed E-state index contributed by atoms with van der Waals surface area (Å²) in [5.41, 5.74) is 10.9. The fourth-order valence-corrected chi connectivity index (χ4v) is 3.40. The molecule has 10 nitrogen and oxygen atoms in total. The van der Waals surface area contributed by atoms with Crippen LogP contribution in [0, 0.1) is 0 Å². The van der Waals surface area contributed by atoms with Gasteiger partial charge in [-0.2, -0.15) is 9.97 Å². The Hall–Kier alpha value is -0.750. The first-order valence-electron chi connectivity index (χ1n) is 6.73. The van der Waals surface area contributed by atoms with Crippen molar-refractivity contribution in [3.63, 3.8) is 0 Å². The number of nitrogen functional groups attached to an aromatic ring is 2. The van der Waals surface area contributed by atoms with E-state index in [0.717, 1.165) is 0 Å². The Morgan fingerprint density at radius 3 is 2.79 bits per heavy atom. The van der Waals surface area contributed by atoms with Crippen LogP contribution in [0.15, 0.2) is 6.07 Å². The number of aliphatic hydroxyl groups is 1. The van der Waals surface area contributed by atoms with Crippen LogP contribution < -0.4 is 16.2 Å². The molecule has 2 unspecified atom stereocenters. The van der Waals surface area contributed by atoms with Gasteiger partial charge in [0, 0.05) is 11.8 Å². The Kier molecular flexibility index (Phi) is 9.74. The van der Waals surface area contributed by atoms with Gasteiger partial charge in [-0.15, -0.1) is 0 Å². The van der Waals surface area contributed by atoms with Gasteiger partial charge in [0.15, 0.2) is 0 Å². The lowest BCUT2D eigenvalue weighted by molar-refractivity contribution is -0.000872. The number of anilines is 2. The minimum atomic E-state index is -3.89. The van der Waals surface area contributed by atoms with Crippen molar-refractivity contribution in [2.45, 2.75) is 6.10 Å². The molecule has 1 aromatic rings. The number of rotatable bonds is 12. The molecule has 1 heterocycles. The van der Waals surface area contributed by atoms with Gasteiger partial charge in [0.05, 0.1) is 13.2 Å². The monoisotopic (exact) mass is 400 g/mol. The highest BCUT2D eigenvalue weighted by molar-refractivity contribution is 8.76. The predicted octanol–water partition coefficient (Wildman–Crippen LogP) is 0.568. The van der Waals surface area contributed by atoms with Crippen molar-refractivity contribution >= 4 is 40.9 Å². The molecule has 2 atom stereocenters. The minimum Gasteiger partial charge on any atom is -0.475 e. The van der Waals surface area contributed by atoms with Gasteiger partial charge in [-0.1, -0.05) is 21.6 Å². The number of hydrogen-bond acceptors (Lipinski definition) is 11. The molecule has 0 aliphatic heterocycles. The summed E-state index contributed by atoms with van der Waals surface area (Å²) in [5.74, 6) is 0.771. The fourth-order valence-electron chi connectivity index (χ4n) is 1.40. The molecule has 0 amide bonds. The van der Waals surface area contributed by atoms with Gasteiger partial charge in [0.25, 0.3) is 0 Å². The lowest BCUT2D eigenvalue weighted by Gasteiger charge is -2.18. The molecule has 1 aromatic heterocycles. The SMILES string of the molecule is CSSCCOP(=O)(O)COC(CO)COc1cc(N)nc(N)n1. The summed E-state index contributed by atoms with van der Waals surface area (Å²) in [7, 11) is -0.839. The van der Waals surface area contributed by atoms with E-state index >= 15 is 0 Å². The van der Waals surface area contributed by atoms with E-state index in [2.05, 4.69) is 9.97 Å². The Bertz CT molecular complexity index is 535. The molecule has 138 valence electrons. The van der Waals surface area contributed by atoms with Gasteiger partial charge < -0.3 is 35.5 Å². The van der Waals surface area contributed by atoms with Gasteiger partial charge >= 0.3 is 7.60 Å². The zero-order valence-electron chi connectivity index (χ0n) is 13.0. The molecular formula is C11H21N4O6PS2. The van der Waals surface area contributed by atoms with E-state index in [1.165, 1.54) is 27.7 Å². The average molecular weight is 400 g/mol. The first kappa shape index (κ1) is 21.3. The summed E-state index contributed by atoms with van der Waals surface area (Å²) in [5, 5.41) is 9.25. The zero-order valence-corrected chi connectivity index (χ0v) is 15.6. The molecule has 6 N–H and O–H groups in total. The molecule has 0 aliphatic rings. The van der Waals surface area contributed by atoms with E-state index in [1.807, 2.05) is 6.26 Å². The zero-order chi connectivity index (χ0) is 18.0. The van der Waals surface area contributed by atoms with Crippen molar-refractivity contribution in [1.29, 1.82) is 0 Å². The molecular weight excluding hydrogens is 379 g/mol. The normalized spacial score (nSPS) is 15.0. The summed E-state index contributed by atoms with van der Waals surface area (Å²) in [4.78, 5) is 17.1. The Morgan fingerprint density at radius 2 is 2.17 bits per heavy atom. The third-order valence-electron chi connectivity index (χ3n) is 2.41. The molecule has 1 rings (SSSR count). The molecule has 13 heteroatoms. The topological polar surface area (TPSA) is 163 Å². The molecule has 24 heavy (non-hydrogen) atoms. The first-order valence-corrected chi connectivity index (χ1v) is 11.2. The number of nitrogens with zero attached hydrogens (tertiary/aromatic N) is 2. The summed E-state index contributed by atoms with van der Waals surface area (Å²) in [6.07, 6.45) is 0.503. The van der Waals surface area contributed by atoms with Gasteiger partial charge in [0.1, 0.15) is 24.9 Å². The molecule has 0 aliphatic carbocycles. The van der Waals surface area contributed by atoms with Crippen LogP contribution >= 0.6 is 29.2 Å². The highest BCUT2D eigenvalue weighted by Gasteiger charge is 2.22. The number of ether oxygens (including phenoxy) is 2. The lowest BCUT2D eigenvalue weighted by atomic mass is 10.4. The van der Waals surface area contributed by atoms with Crippen molar-refractivity contribution in [3.8, 4) is 5.88 Å². The van der Waals surface area contributed by atoms with Crippen LogP contribution in [0.25, 0.3) is 0 Å². The second kappa shape index (κ2) is 11.0. The van der Waals surface area contributed by atoms with Crippen molar-refractivity contribution in [1.82, 2.24) is 9.97 Å². The maximum atomic E-state index is 11.8. The van der Waals surface area contributed by atoms with Crippen LogP contribution in [0.3, 0.4) is 0 Å². The van der Waals surface area contributed by atoms with Crippen LogP contribution in [-0.4, -0.2) is 64.2 Å². The standard InChI is InChI=1S/C11H21N4O6PS2/c1-23-24-3-2-21-22(17,18)7-20-8(5-16)6-19-10-4-9(12)14-11(13)15-10/h4,8,16H,2-3,5-7H2,1H3,(H,17,18)(H4,12,13,14,15). The Balaban J connectivity index is 2.39. The molecule has 0 saturated heterocycles. The van der Waals surface area contributed by atoms with Crippen molar-refractivity contribution in [2.24, 2.45) is 0 Å². The number of aliphatic hydroxyl groups excluding tert-OH is 1. The minimum absolute atomic E-state index is 0.0529. The molecule has 0 aromatic carbocycles. The molecule has 0 saturated carbocycles. The Labute approximate surface area is 147 Å². The summed E-state index contributed by atoms with van der Waals surface area (Å²) in [6, 6.07) is 1.36. The van der Waals surface area contributed by atoms with E-state index in [9.17, 15) is 14.6 Å². The first-order chi connectivity index (χ1) is 11.4.